The van der Waals surface area contributed by atoms with Crippen LogP contribution in [0.15, 0.2) is 18.2 Å². The van der Waals surface area contributed by atoms with E-state index < -0.39 is 0 Å². The Labute approximate surface area is 115 Å². The lowest BCUT2D eigenvalue weighted by atomic mass is 10.0. The fourth-order valence-corrected chi connectivity index (χ4v) is 1.96. The Balaban J connectivity index is 2.74. The Morgan fingerprint density at radius 2 is 2.05 bits per heavy atom. The minimum Gasteiger partial charge on any atom is -0.496 e. The molecule has 2 unspecified atom stereocenters. The topological polar surface area (TPSA) is 55.6 Å². The summed E-state index contributed by atoms with van der Waals surface area (Å²) in [5.74, 6) is 0.773. The first-order valence-corrected chi connectivity index (χ1v) is 6.51. The molecule has 0 aliphatic rings. The number of amides is 1. The van der Waals surface area contributed by atoms with Crippen LogP contribution in [0, 0.1) is 12.8 Å². The van der Waals surface area contributed by atoms with E-state index in [2.05, 4.69) is 0 Å². The Bertz CT molecular complexity index is 444. The van der Waals surface area contributed by atoms with Crippen molar-refractivity contribution in [2.45, 2.75) is 33.4 Å². The molecule has 106 valence electrons. The van der Waals surface area contributed by atoms with E-state index >= 15 is 0 Å². The molecule has 19 heavy (non-hydrogen) atoms. The third kappa shape index (κ3) is 3.96. The van der Waals surface area contributed by atoms with Crippen LogP contribution in [0.1, 0.15) is 25.0 Å². The van der Waals surface area contributed by atoms with E-state index in [4.69, 9.17) is 10.5 Å². The molecule has 2 atom stereocenters. The monoisotopic (exact) mass is 264 g/mol. The number of carbonyl (C=O) groups excluding carboxylic acids is 1. The van der Waals surface area contributed by atoms with Crippen LogP contribution in [0.3, 0.4) is 0 Å². The highest BCUT2D eigenvalue weighted by atomic mass is 16.5. The molecule has 0 heterocycles. The normalized spacial score (nSPS) is 13.8. The maximum Gasteiger partial charge on any atom is 0.226 e. The van der Waals surface area contributed by atoms with Gasteiger partial charge in [0, 0.05) is 19.6 Å². The van der Waals surface area contributed by atoms with E-state index in [1.807, 2.05) is 39.0 Å². The summed E-state index contributed by atoms with van der Waals surface area (Å²) in [4.78, 5) is 13.8. The van der Waals surface area contributed by atoms with Crippen molar-refractivity contribution >= 4 is 5.91 Å². The molecule has 4 nitrogen and oxygen atoms in total. The summed E-state index contributed by atoms with van der Waals surface area (Å²) in [5.41, 5.74) is 7.93. The molecule has 0 fully saturated rings. The van der Waals surface area contributed by atoms with Gasteiger partial charge in [0.05, 0.1) is 13.0 Å². The van der Waals surface area contributed by atoms with E-state index in [9.17, 15) is 4.79 Å². The third-order valence-corrected chi connectivity index (χ3v) is 3.43. The Hall–Kier alpha value is -1.55. The maximum atomic E-state index is 12.1. The van der Waals surface area contributed by atoms with Crippen molar-refractivity contribution in [1.82, 2.24) is 4.90 Å². The van der Waals surface area contributed by atoms with Gasteiger partial charge in [0.15, 0.2) is 0 Å². The fraction of sp³-hybridized carbons (Fsp3) is 0.533. The van der Waals surface area contributed by atoms with Crippen LogP contribution in [0.25, 0.3) is 0 Å². The molecule has 0 aromatic heterocycles. The number of benzene rings is 1. The zero-order chi connectivity index (χ0) is 14.6. The lowest BCUT2D eigenvalue weighted by molar-refractivity contribution is -0.134. The zero-order valence-corrected chi connectivity index (χ0v) is 12.4. The van der Waals surface area contributed by atoms with Gasteiger partial charge in [-0.25, -0.2) is 0 Å². The molecular weight excluding hydrogens is 240 g/mol. The molecule has 0 aliphatic heterocycles. The van der Waals surface area contributed by atoms with Gasteiger partial charge in [0.25, 0.3) is 0 Å². The number of hydrogen-bond donors (Lipinski definition) is 1. The van der Waals surface area contributed by atoms with Crippen LogP contribution in [0.5, 0.6) is 5.75 Å². The van der Waals surface area contributed by atoms with Gasteiger partial charge in [-0.05, 0) is 31.0 Å². The second kappa shape index (κ2) is 6.57. The van der Waals surface area contributed by atoms with Crippen LogP contribution < -0.4 is 10.5 Å². The number of methoxy groups -OCH3 is 1. The van der Waals surface area contributed by atoms with Gasteiger partial charge in [0.1, 0.15) is 5.75 Å². The number of nitrogens with zero attached hydrogens (tertiary/aromatic N) is 1. The highest BCUT2D eigenvalue weighted by Gasteiger charge is 2.20. The molecule has 1 amide bonds. The number of hydrogen-bond acceptors (Lipinski definition) is 3. The van der Waals surface area contributed by atoms with E-state index in [1.165, 1.54) is 0 Å². The predicted molar refractivity (Wildman–Crippen MR) is 77.0 cm³/mol. The summed E-state index contributed by atoms with van der Waals surface area (Å²) in [6.45, 7) is 6.30. The van der Waals surface area contributed by atoms with Crippen molar-refractivity contribution in [3.63, 3.8) is 0 Å². The number of rotatable bonds is 5. The van der Waals surface area contributed by atoms with Crippen LogP contribution >= 0.6 is 0 Å². The van der Waals surface area contributed by atoms with E-state index in [0.29, 0.717) is 6.54 Å². The summed E-state index contributed by atoms with van der Waals surface area (Å²) in [5, 5.41) is 0. The van der Waals surface area contributed by atoms with Gasteiger partial charge in [-0.1, -0.05) is 19.1 Å². The number of nitrogens with two attached hydrogens (primary N) is 1. The molecule has 1 aromatic rings. The fourth-order valence-electron chi connectivity index (χ4n) is 1.96. The van der Waals surface area contributed by atoms with Crippen molar-refractivity contribution in [2.24, 2.45) is 11.7 Å². The molecule has 1 aromatic carbocycles. The first-order chi connectivity index (χ1) is 8.86. The molecule has 1 rings (SSSR count). The Morgan fingerprint density at radius 1 is 1.42 bits per heavy atom. The lowest BCUT2D eigenvalue weighted by Crippen LogP contribution is -2.39. The molecule has 0 radical (unpaired) electrons. The zero-order valence-electron chi connectivity index (χ0n) is 12.4. The lowest BCUT2D eigenvalue weighted by Gasteiger charge is -2.23. The highest BCUT2D eigenvalue weighted by Crippen LogP contribution is 2.19. The standard InChI is InChI=1S/C15H24N2O2/c1-10-8-13(6-7-14(10)19-5)9-17(4)15(18)11(2)12(3)16/h6-8,11-12H,9,16H2,1-5H3. The molecule has 2 N–H and O–H groups in total. The number of carbonyl (C=O) groups is 1. The van der Waals surface area contributed by atoms with Gasteiger partial charge >= 0.3 is 0 Å². The smallest absolute Gasteiger partial charge is 0.226 e. The maximum absolute atomic E-state index is 12.1. The Kier molecular flexibility index (Phi) is 5.36. The summed E-state index contributed by atoms with van der Waals surface area (Å²) in [6, 6.07) is 5.82. The van der Waals surface area contributed by atoms with Crippen LogP contribution in [0.4, 0.5) is 0 Å². The summed E-state index contributed by atoms with van der Waals surface area (Å²) in [7, 11) is 3.46. The summed E-state index contributed by atoms with van der Waals surface area (Å²) >= 11 is 0. The SMILES string of the molecule is COc1ccc(CN(C)C(=O)C(C)C(C)N)cc1C. The minimum atomic E-state index is -0.163. The second-order valence-corrected chi connectivity index (χ2v) is 5.15. The van der Waals surface area contributed by atoms with Crippen molar-refractivity contribution in [1.29, 1.82) is 0 Å². The second-order valence-electron chi connectivity index (χ2n) is 5.15. The van der Waals surface area contributed by atoms with E-state index in [1.54, 1.807) is 19.1 Å². The summed E-state index contributed by atoms with van der Waals surface area (Å²) in [6.07, 6.45) is 0. The van der Waals surface area contributed by atoms with Gasteiger partial charge < -0.3 is 15.4 Å². The predicted octanol–water partition coefficient (Wildman–Crippen LogP) is 1.95. The average Bonchev–Trinajstić information content (AvgIpc) is 2.37. The molecular formula is C15H24N2O2. The molecule has 4 heteroatoms. The van der Waals surface area contributed by atoms with Crippen molar-refractivity contribution in [3.8, 4) is 5.75 Å². The largest absolute Gasteiger partial charge is 0.496 e. The molecule has 0 spiro atoms. The first kappa shape index (κ1) is 15.5. The van der Waals surface area contributed by atoms with Crippen molar-refractivity contribution in [2.75, 3.05) is 14.2 Å². The molecule has 0 aliphatic carbocycles. The summed E-state index contributed by atoms with van der Waals surface area (Å²) < 4.78 is 5.23. The van der Waals surface area contributed by atoms with Gasteiger partial charge in [-0.15, -0.1) is 0 Å². The van der Waals surface area contributed by atoms with Crippen molar-refractivity contribution < 1.29 is 9.53 Å². The quantitative estimate of drug-likeness (QED) is 0.884. The van der Waals surface area contributed by atoms with Gasteiger partial charge in [0.2, 0.25) is 5.91 Å². The molecule has 0 saturated heterocycles. The average molecular weight is 264 g/mol. The Morgan fingerprint density at radius 3 is 2.53 bits per heavy atom. The van der Waals surface area contributed by atoms with E-state index in [-0.39, 0.29) is 17.9 Å². The number of aryl methyl sites for hydroxylation is 1. The number of ether oxygens (including phenoxy) is 1. The van der Waals surface area contributed by atoms with Gasteiger partial charge in [-0.2, -0.15) is 0 Å². The van der Waals surface area contributed by atoms with Crippen LogP contribution in [-0.4, -0.2) is 31.0 Å². The van der Waals surface area contributed by atoms with Crippen LogP contribution in [0.2, 0.25) is 0 Å². The highest BCUT2D eigenvalue weighted by molar-refractivity contribution is 5.78. The third-order valence-electron chi connectivity index (χ3n) is 3.43. The van der Waals surface area contributed by atoms with Crippen molar-refractivity contribution in [3.05, 3.63) is 29.3 Å². The minimum absolute atomic E-state index is 0.0727. The van der Waals surface area contributed by atoms with Gasteiger partial charge in [-0.3, -0.25) is 4.79 Å². The molecule has 0 saturated carbocycles. The molecule has 0 bridgehead atoms. The van der Waals surface area contributed by atoms with E-state index in [0.717, 1.165) is 16.9 Å². The van der Waals surface area contributed by atoms with Crippen LogP contribution in [-0.2, 0) is 11.3 Å². The first-order valence-electron chi connectivity index (χ1n) is 6.51.